The lowest BCUT2D eigenvalue weighted by molar-refractivity contribution is 0.520. The van der Waals surface area contributed by atoms with Crippen LogP contribution in [0.2, 0.25) is 0 Å². The number of anilines is 1. The maximum absolute atomic E-state index is 2.53. The first-order valence-electron chi connectivity index (χ1n) is 7.24. The summed E-state index contributed by atoms with van der Waals surface area (Å²) in [4.78, 5) is 3.99. The number of fused-ring (bicyclic) bond motifs is 1. The van der Waals surface area contributed by atoms with Crippen LogP contribution >= 0.6 is 11.8 Å². The third-order valence-electron chi connectivity index (χ3n) is 3.54. The van der Waals surface area contributed by atoms with Crippen molar-refractivity contribution in [3.05, 3.63) is 24.3 Å². The van der Waals surface area contributed by atoms with Gasteiger partial charge < -0.3 is 4.90 Å². The van der Waals surface area contributed by atoms with Gasteiger partial charge in [0.15, 0.2) is 0 Å². The minimum atomic E-state index is 0.867. The van der Waals surface area contributed by atoms with E-state index in [0.29, 0.717) is 0 Å². The Hall–Kier alpha value is -0.630. The molecule has 0 atom stereocenters. The molecule has 18 heavy (non-hydrogen) atoms. The van der Waals surface area contributed by atoms with Gasteiger partial charge in [-0.2, -0.15) is 0 Å². The standard InChI is InChI=1S/C16H25NS/c1-14(2)9-5-3-4-8-12-17-13-18-16-11-7-6-10-15(16)17/h6-7,10-11,14H,3-5,8-9,12-13H2,1-2H3. The summed E-state index contributed by atoms with van der Waals surface area (Å²) in [5.41, 5.74) is 1.45. The Labute approximate surface area is 116 Å². The van der Waals surface area contributed by atoms with Gasteiger partial charge in [0.05, 0.1) is 11.6 Å². The van der Waals surface area contributed by atoms with Crippen LogP contribution in [0.1, 0.15) is 46.0 Å². The molecule has 1 aliphatic heterocycles. The average molecular weight is 263 g/mol. The molecule has 2 heteroatoms. The molecule has 1 nitrogen and oxygen atoms in total. The summed E-state index contributed by atoms with van der Waals surface area (Å²) in [5, 5.41) is 0. The zero-order valence-corrected chi connectivity index (χ0v) is 12.5. The van der Waals surface area contributed by atoms with Crippen LogP contribution in [-0.4, -0.2) is 12.4 Å². The minimum Gasteiger partial charge on any atom is -0.361 e. The zero-order chi connectivity index (χ0) is 12.8. The van der Waals surface area contributed by atoms with Crippen molar-refractivity contribution in [1.82, 2.24) is 0 Å². The van der Waals surface area contributed by atoms with Crippen LogP contribution in [0, 0.1) is 5.92 Å². The number of thioether (sulfide) groups is 1. The first-order valence-corrected chi connectivity index (χ1v) is 8.22. The molecule has 0 radical (unpaired) electrons. The first kappa shape index (κ1) is 13.8. The molecule has 0 spiro atoms. The molecular weight excluding hydrogens is 238 g/mol. The highest BCUT2D eigenvalue weighted by Crippen LogP contribution is 2.37. The molecule has 2 rings (SSSR count). The van der Waals surface area contributed by atoms with Gasteiger partial charge in [-0.25, -0.2) is 0 Å². The second-order valence-electron chi connectivity index (χ2n) is 5.60. The fourth-order valence-corrected chi connectivity index (χ4v) is 3.53. The lowest BCUT2D eigenvalue weighted by atomic mass is 10.0. The van der Waals surface area contributed by atoms with Gasteiger partial charge in [0, 0.05) is 11.4 Å². The maximum atomic E-state index is 2.53. The molecule has 0 aromatic heterocycles. The van der Waals surface area contributed by atoms with E-state index in [2.05, 4.69) is 43.0 Å². The van der Waals surface area contributed by atoms with Crippen LogP contribution < -0.4 is 4.90 Å². The van der Waals surface area contributed by atoms with E-state index >= 15 is 0 Å². The van der Waals surface area contributed by atoms with E-state index in [0.717, 1.165) is 11.8 Å². The van der Waals surface area contributed by atoms with E-state index in [-0.39, 0.29) is 0 Å². The van der Waals surface area contributed by atoms with Crippen molar-refractivity contribution in [3.63, 3.8) is 0 Å². The molecule has 0 aliphatic carbocycles. The summed E-state index contributed by atoms with van der Waals surface area (Å²) in [6.07, 6.45) is 6.93. The predicted octanol–water partition coefficient (Wildman–Crippen LogP) is 5.16. The van der Waals surface area contributed by atoms with Crippen molar-refractivity contribution in [2.24, 2.45) is 5.92 Å². The fourth-order valence-electron chi connectivity index (χ4n) is 2.45. The Morgan fingerprint density at radius 1 is 1.11 bits per heavy atom. The minimum absolute atomic E-state index is 0.867. The summed E-state index contributed by atoms with van der Waals surface area (Å²) >= 11 is 1.97. The SMILES string of the molecule is CC(C)CCCCCCN1CSc2ccccc21. The Balaban J connectivity index is 1.64. The van der Waals surface area contributed by atoms with Gasteiger partial charge in [0.2, 0.25) is 0 Å². The third-order valence-corrected chi connectivity index (χ3v) is 4.64. The van der Waals surface area contributed by atoms with Crippen molar-refractivity contribution in [1.29, 1.82) is 0 Å². The first-order chi connectivity index (χ1) is 8.77. The molecule has 0 saturated heterocycles. The Morgan fingerprint density at radius 3 is 2.72 bits per heavy atom. The molecule has 0 fully saturated rings. The summed E-state index contributed by atoms with van der Waals surface area (Å²) < 4.78 is 0. The second-order valence-corrected chi connectivity index (χ2v) is 6.59. The molecule has 1 aliphatic rings. The smallest absolute Gasteiger partial charge is 0.0686 e. The molecule has 0 N–H and O–H groups in total. The summed E-state index contributed by atoms with van der Waals surface area (Å²) in [6, 6.07) is 8.79. The number of rotatable bonds is 7. The number of para-hydroxylation sites is 1. The second kappa shape index (κ2) is 7.08. The topological polar surface area (TPSA) is 3.24 Å². The Morgan fingerprint density at radius 2 is 1.89 bits per heavy atom. The quantitative estimate of drug-likeness (QED) is 0.625. The van der Waals surface area contributed by atoms with Crippen molar-refractivity contribution in [2.75, 3.05) is 17.3 Å². The average Bonchev–Trinajstić information content (AvgIpc) is 2.77. The molecule has 1 heterocycles. The molecule has 0 amide bonds. The molecule has 100 valence electrons. The third kappa shape index (κ3) is 3.94. The van der Waals surface area contributed by atoms with Gasteiger partial charge in [0.25, 0.3) is 0 Å². The predicted molar refractivity (Wildman–Crippen MR) is 82.4 cm³/mol. The van der Waals surface area contributed by atoms with Crippen molar-refractivity contribution >= 4 is 17.4 Å². The molecule has 1 aromatic carbocycles. The highest BCUT2D eigenvalue weighted by Gasteiger charge is 2.17. The van der Waals surface area contributed by atoms with Crippen molar-refractivity contribution < 1.29 is 0 Å². The van der Waals surface area contributed by atoms with E-state index < -0.39 is 0 Å². The number of benzene rings is 1. The molecule has 0 bridgehead atoms. The molecule has 0 unspecified atom stereocenters. The number of hydrogen-bond donors (Lipinski definition) is 0. The van der Waals surface area contributed by atoms with E-state index in [9.17, 15) is 0 Å². The lowest BCUT2D eigenvalue weighted by Gasteiger charge is -2.18. The number of nitrogens with zero attached hydrogens (tertiary/aromatic N) is 1. The maximum Gasteiger partial charge on any atom is 0.0686 e. The highest BCUT2D eigenvalue weighted by molar-refractivity contribution is 7.99. The van der Waals surface area contributed by atoms with Gasteiger partial charge >= 0.3 is 0 Å². The van der Waals surface area contributed by atoms with Gasteiger partial charge in [-0.05, 0) is 24.5 Å². The fraction of sp³-hybridized carbons (Fsp3) is 0.625. The van der Waals surface area contributed by atoms with Crippen molar-refractivity contribution in [3.8, 4) is 0 Å². The largest absolute Gasteiger partial charge is 0.361 e. The van der Waals surface area contributed by atoms with E-state index in [1.165, 1.54) is 49.2 Å². The van der Waals surface area contributed by atoms with E-state index in [4.69, 9.17) is 0 Å². The van der Waals surface area contributed by atoms with Crippen LogP contribution in [0.25, 0.3) is 0 Å². The van der Waals surface area contributed by atoms with Crippen LogP contribution in [0.3, 0.4) is 0 Å². The van der Waals surface area contributed by atoms with Crippen LogP contribution in [0.5, 0.6) is 0 Å². The van der Waals surface area contributed by atoms with Gasteiger partial charge in [0.1, 0.15) is 0 Å². The summed E-state index contributed by atoms with van der Waals surface area (Å²) in [7, 11) is 0. The zero-order valence-electron chi connectivity index (χ0n) is 11.7. The van der Waals surface area contributed by atoms with E-state index in [1.54, 1.807) is 0 Å². The summed E-state index contributed by atoms with van der Waals surface area (Å²) in [5.74, 6) is 2.01. The van der Waals surface area contributed by atoms with Crippen LogP contribution in [0.4, 0.5) is 5.69 Å². The normalized spacial score (nSPS) is 14.3. The molecular formula is C16H25NS. The summed E-state index contributed by atoms with van der Waals surface area (Å²) in [6.45, 7) is 5.86. The Kier molecular flexibility index (Phi) is 5.43. The van der Waals surface area contributed by atoms with Gasteiger partial charge in [-0.15, -0.1) is 11.8 Å². The Bertz CT molecular complexity index is 362. The van der Waals surface area contributed by atoms with Gasteiger partial charge in [-0.1, -0.05) is 51.7 Å². The molecule has 1 aromatic rings. The molecule has 0 saturated carbocycles. The van der Waals surface area contributed by atoms with Gasteiger partial charge in [-0.3, -0.25) is 0 Å². The van der Waals surface area contributed by atoms with Crippen molar-refractivity contribution in [2.45, 2.75) is 50.8 Å². The lowest BCUT2D eigenvalue weighted by Crippen LogP contribution is -2.20. The van der Waals surface area contributed by atoms with E-state index in [1.807, 2.05) is 11.8 Å². The van der Waals surface area contributed by atoms with Crippen LogP contribution in [-0.2, 0) is 0 Å². The number of hydrogen-bond acceptors (Lipinski definition) is 2. The van der Waals surface area contributed by atoms with Crippen LogP contribution in [0.15, 0.2) is 29.2 Å². The highest BCUT2D eigenvalue weighted by atomic mass is 32.2. The monoisotopic (exact) mass is 263 g/mol. The number of unbranched alkanes of at least 4 members (excludes halogenated alkanes) is 3.